The molecule has 2 aromatic rings. The van der Waals surface area contributed by atoms with Gasteiger partial charge in [0.25, 0.3) is 11.9 Å². The van der Waals surface area contributed by atoms with E-state index in [2.05, 4.69) is 15.3 Å². The van der Waals surface area contributed by atoms with Crippen molar-refractivity contribution in [2.75, 3.05) is 12.0 Å². The third-order valence-corrected chi connectivity index (χ3v) is 4.71. The first kappa shape index (κ1) is 21.2. The molecule has 10 heteroatoms. The van der Waals surface area contributed by atoms with E-state index in [9.17, 15) is 13.6 Å². The molecule has 2 heterocycles. The molecule has 0 fully saturated rings. The van der Waals surface area contributed by atoms with Gasteiger partial charge in [0.15, 0.2) is 0 Å². The predicted octanol–water partition coefficient (Wildman–Crippen LogP) is 3.74. The summed E-state index contributed by atoms with van der Waals surface area (Å²) in [6.45, 7) is -0.176. The van der Waals surface area contributed by atoms with Crippen LogP contribution in [0, 0.1) is 11.3 Å². The Balaban J connectivity index is 1.95. The number of nitrogens with two attached hydrogens (primary N) is 1. The lowest BCUT2D eigenvalue weighted by Gasteiger charge is -2.28. The van der Waals surface area contributed by atoms with Gasteiger partial charge >= 0.3 is 0 Å². The molecule has 0 spiro atoms. The highest BCUT2D eigenvalue weighted by atomic mass is 35.5. The van der Waals surface area contributed by atoms with Crippen LogP contribution in [0.3, 0.4) is 0 Å². The highest BCUT2D eigenvalue weighted by Crippen LogP contribution is 2.37. The van der Waals surface area contributed by atoms with Gasteiger partial charge in [-0.25, -0.2) is 18.8 Å². The molecule has 0 saturated carbocycles. The number of carbonyl (C=O) groups excluding carboxylic acids is 1. The van der Waals surface area contributed by atoms with Crippen molar-refractivity contribution in [3.05, 3.63) is 69.7 Å². The number of rotatable bonds is 5. The Morgan fingerprint density at radius 1 is 1.37 bits per heavy atom. The highest BCUT2D eigenvalue weighted by Gasteiger charge is 2.32. The lowest BCUT2D eigenvalue weighted by Crippen LogP contribution is -2.30. The van der Waals surface area contributed by atoms with E-state index in [1.165, 1.54) is 30.5 Å². The Labute approximate surface area is 175 Å². The molecular weight excluding hydrogens is 416 g/mol. The molecule has 1 aliphatic rings. The first-order chi connectivity index (χ1) is 14.3. The zero-order valence-electron chi connectivity index (χ0n) is 15.7. The van der Waals surface area contributed by atoms with Crippen LogP contribution in [-0.4, -0.2) is 23.6 Å². The van der Waals surface area contributed by atoms with Crippen LogP contribution >= 0.6 is 11.6 Å². The molecule has 1 aromatic heterocycles. The van der Waals surface area contributed by atoms with Gasteiger partial charge in [-0.15, -0.1) is 0 Å². The number of pyridine rings is 1. The van der Waals surface area contributed by atoms with Crippen LogP contribution in [0.15, 0.2) is 47.3 Å². The first-order valence-corrected chi connectivity index (χ1v) is 9.04. The second-order valence-electron chi connectivity index (χ2n) is 6.57. The van der Waals surface area contributed by atoms with Crippen molar-refractivity contribution in [2.45, 2.75) is 19.1 Å². The predicted molar refractivity (Wildman–Crippen MR) is 107 cm³/mol. The normalized spacial score (nSPS) is 18.0. The number of carbonyl (C=O) groups is 1. The summed E-state index contributed by atoms with van der Waals surface area (Å²) in [5.41, 5.74) is 5.29. The number of ether oxygens (including phenoxy) is 1. The summed E-state index contributed by atoms with van der Waals surface area (Å²) in [6.07, 6.45) is 2.63. The van der Waals surface area contributed by atoms with Crippen LogP contribution in [0.25, 0.3) is 0 Å². The number of anilines is 1. The van der Waals surface area contributed by atoms with Gasteiger partial charge < -0.3 is 15.8 Å². The fourth-order valence-corrected chi connectivity index (χ4v) is 3.33. The lowest BCUT2D eigenvalue weighted by molar-refractivity contribution is 0.102. The third-order valence-electron chi connectivity index (χ3n) is 4.38. The van der Waals surface area contributed by atoms with Crippen LogP contribution in [-0.2, 0) is 17.0 Å². The van der Waals surface area contributed by atoms with Crippen molar-refractivity contribution >= 4 is 29.2 Å². The maximum Gasteiger partial charge on any atom is 0.288 e. The average molecular weight is 432 g/mol. The number of nitrogens with one attached hydrogen (secondary N) is 1. The van der Waals surface area contributed by atoms with E-state index in [1.807, 2.05) is 6.07 Å². The number of benzene rings is 1. The number of nitriles is 1. The molecule has 0 radical (unpaired) electrons. The van der Waals surface area contributed by atoms with E-state index in [0.29, 0.717) is 16.3 Å². The fraction of sp³-hybridized carbons (Fsp3) is 0.200. The van der Waals surface area contributed by atoms with Crippen LogP contribution in [0.5, 0.6) is 0 Å². The van der Waals surface area contributed by atoms with Gasteiger partial charge in [-0.05, 0) is 37.3 Å². The topological polar surface area (TPSA) is 113 Å². The van der Waals surface area contributed by atoms with E-state index in [0.717, 1.165) is 0 Å². The van der Waals surface area contributed by atoms with Crippen molar-refractivity contribution in [2.24, 2.45) is 10.7 Å². The van der Waals surface area contributed by atoms with Gasteiger partial charge in [-0.1, -0.05) is 11.6 Å². The summed E-state index contributed by atoms with van der Waals surface area (Å²) in [7, 11) is 0. The first-order valence-electron chi connectivity index (χ1n) is 8.67. The molecule has 0 saturated heterocycles. The zero-order valence-corrected chi connectivity index (χ0v) is 16.5. The van der Waals surface area contributed by atoms with Crippen LogP contribution in [0.2, 0.25) is 5.02 Å². The number of nitrogens with zero attached hydrogens (tertiary/aromatic N) is 3. The Bertz CT molecular complexity index is 1110. The zero-order chi connectivity index (χ0) is 21.9. The van der Waals surface area contributed by atoms with E-state index in [-0.39, 0.29) is 28.6 Å². The number of amidine groups is 1. The van der Waals surface area contributed by atoms with Crippen LogP contribution in [0.1, 0.15) is 34.1 Å². The summed E-state index contributed by atoms with van der Waals surface area (Å²) in [4.78, 5) is 20.7. The average Bonchev–Trinajstić information content (AvgIpc) is 2.73. The summed E-state index contributed by atoms with van der Waals surface area (Å²) < 4.78 is 31.4. The lowest BCUT2D eigenvalue weighted by atomic mass is 9.90. The molecule has 1 aliphatic heterocycles. The molecule has 3 rings (SSSR count). The monoisotopic (exact) mass is 431 g/mol. The van der Waals surface area contributed by atoms with Crippen molar-refractivity contribution < 1.29 is 18.3 Å². The standard InChI is InChI=1S/C20H16ClF2N5O2/c1-20(6-14(8-23)30-19(25)28-20)15-5-13(2-3-16(15)21)27-18(29)17-12(7-22)4-11(9-24)10-26-17/h2-6,10H,7-8H2,1H3,(H2,25,28)(H,27,29)/t20-/m0/s1. The maximum absolute atomic E-state index is 13.3. The Kier molecular flexibility index (Phi) is 5.99. The molecule has 0 bridgehead atoms. The number of aromatic nitrogens is 1. The Morgan fingerprint density at radius 2 is 2.13 bits per heavy atom. The number of halogens is 3. The van der Waals surface area contributed by atoms with Gasteiger partial charge in [-0.2, -0.15) is 5.26 Å². The van der Waals surface area contributed by atoms with Crippen LogP contribution in [0.4, 0.5) is 14.5 Å². The number of hydrogen-bond acceptors (Lipinski definition) is 6. The Hall–Kier alpha value is -3.51. The molecule has 1 aromatic carbocycles. The Morgan fingerprint density at radius 3 is 2.80 bits per heavy atom. The fourth-order valence-electron chi connectivity index (χ4n) is 3.02. The summed E-state index contributed by atoms with van der Waals surface area (Å²) in [5.74, 6) is -0.676. The van der Waals surface area contributed by atoms with E-state index < -0.39 is 24.8 Å². The van der Waals surface area contributed by atoms with Gasteiger partial charge in [0.2, 0.25) is 0 Å². The largest absolute Gasteiger partial charge is 0.428 e. The molecule has 30 heavy (non-hydrogen) atoms. The molecule has 0 unspecified atom stereocenters. The second kappa shape index (κ2) is 8.47. The van der Waals surface area contributed by atoms with E-state index in [1.54, 1.807) is 13.0 Å². The van der Waals surface area contributed by atoms with E-state index in [4.69, 9.17) is 27.3 Å². The van der Waals surface area contributed by atoms with Gasteiger partial charge in [-0.3, -0.25) is 4.79 Å². The quantitative estimate of drug-likeness (QED) is 0.748. The summed E-state index contributed by atoms with van der Waals surface area (Å²) in [6, 6.07) is 7.51. The minimum Gasteiger partial charge on any atom is -0.428 e. The number of amides is 1. The maximum atomic E-state index is 13.3. The summed E-state index contributed by atoms with van der Waals surface area (Å²) in [5, 5.41) is 11.8. The number of alkyl halides is 2. The molecule has 3 N–H and O–H groups in total. The highest BCUT2D eigenvalue weighted by molar-refractivity contribution is 6.31. The number of allylic oxidation sites excluding steroid dienone is 1. The van der Waals surface area contributed by atoms with Crippen LogP contribution < -0.4 is 11.1 Å². The summed E-state index contributed by atoms with van der Waals surface area (Å²) >= 11 is 6.31. The van der Waals surface area contributed by atoms with Gasteiger partial charge in [0, 0.05) is 28.0 Å². The van der Waals surface area contributed by atoms with Crippen molar-refractivity contribution in [3.63, 3.8) is 0 Å². The molecule has 0 aliphatic carbocycles. The molecule has 154 valence electrons. The minimum absolute atomic E-state index is 0.00924. The SMILES string of the molecule is C[C@@]1(c2cc(NC(=O)c3ncc(C#N)cc3CF)ccc2Cl)C=C(CF)OC(N)=N1. The van der Waals surface area contributed by atoms with Crippen molar-refractivity contribution in [1.82, 2.24) is 4.98 Å². The van der Waals surface area contributed by atoms with Crippen molar-refractivity contribution in [1.29, 1.82) is 5.26 Å². The third kappa shape index (κ3) is 4.23. The van der Waals surface area contributed by atoms with Crippen molar-refractivity contribution in [3.8, 4) is 6.07 Å². The van der Waals surface area contributed by atoms with E-state index >= 15 is 0 Å². The molecular formula is C20H16ClF2N5O2. The molecule has 1 atom stereocenters. The molecule has 1 amide bonds. The number of hydrogen-bond donors (Lipinski definition) is 2. The number of aliphatic imine (C=N–C) groups is 1. The van der Waals surface area contributed by atoms with Gasteiger partial charge in [0.05, 0.1) is 5.56 Å². The second-order valence-corrected chi connectivity index (χ2v) is 6.98. The van der Waals surface area contributed by atoms with Gasteiger partial charge in [0.1, 0.15) is 36.4 Å². The minimum atomic E-state index is -1.13. The smallest absolute Gasteiger partial charge is 0.288 e. The molecule has 7 nitrogen and oxygen atoms in total.